The van der Waals surface area contributed by atoms with Crippen molar-refractivity contribution in [2.24, 2.45) is 4.99 Å². The lowest BCUT2D eigenvalue weighted by Crippen LogP contribution is -2.42. The summed E-state index contributed by atoms with van der Waals surface area (Å²) in [5.41, 5.74) is 1.05. The van der Waals surface area contributed by atoms with Gasteiger partial charge in [-0.2, -0.15) is 0 Å². The Bertz CT molecular complexity index is 579. The van der Waals surface area contributed by atoms with Crippen LogP contribution in [0.2, 0.25) is 0 Å². The van der Waals surface area contributed by atoms with Crippen molar-refractivity contribution < 1.29 is 9.47 Å². The van der Waals surface area contributed by atoms with Crippen LogP contribution in [0.15, 0.2) is 33.7 Å². The van der Waals surface area contributed by atoms with E-state index in [0.29, 0.717) is 24.1 Å². The van der Waals surface area contributed by atoms with Crippen LogP contribution >= 0.6 is 15.9 Å². The molecule has 0 saturated heterocycles. The van der Waals surface area contributed by atoms with Crippen molar-refractivity contribution in [1.82, 2.24) is 10.6 Å². The molecule has 1 aliphatic carbocycles. The van der Waals surface area contributed by atoms with Gasteiger partial charge in [0.2, 0.25) is 0 Å². The zero-order chi connectivity index (χ0) is 16.7. The van der Waals surface area contributed by atoms with E-state index in [4.69, 9.17) is 9.47 Å². The standard InChI is InChI=1S/C17H24BrN3O2/c1-4-19-17(21-13-7-5-6-8-13)20-11-12-9-15(22-2)16(23-3)10-14(12)18/h5-6,9-10,13H,4,7-8,11H2,1-3H3,(H2,19,20,21). The topological polar surface area (TPSA) is 54.9 Å². The second kappa shape index (κ2) is 8.82. The molecule has 0 atom stereocenters. The number of methoxy groups -OCH3 is 2. The molecule has 0 unspecified atom stereocenters. The Morgan fingerprint density at radius 3 is 2.48 bits per heavy atom. The fourth-order valence-corrected chi connectivity index (χ4v) is 2.88. The minimum atomic E-state index is 0.432. The summed E-state index contributed by atoms with van der Waals surface area (Å²) >= 11 is 3.57. The predicted molar refractivity (Wildman–Crippen MR) is 97.4 cm³/mol. The van der Waals surface area contributed by atoms with Crippen LogP contribution in [0.5, 0.6) is 11.5 Å². The van der Waals surface area contributed by atoms with Gasteiger partial charge in [0.25, 0.3) is 0 Å². The van der Waals surface area contributed by atoms with Gasteiger partial charge in [0, 0.05) is 17.1 Å². The average Bonchev–Trinajstić information content (AvgIpc) is 3.06. The molecule has 2 rings (SSSR count). The van der Waals surface area contributed by atoms with Crippen molar-refractivity contribution in [3.63, 3.8) is 0 Å². The second-order valence-corrected chi connectivity index (χ2v) is 6.13. The van der Waals surface area contributed by atoms with E-state index >= 15 is 0 Å². The summed E-state index contributed by atoms with van der Waals surface area (Å²) in [6.45, 7) is 3.45. The van der Waals surface area contributed by atoms with E-state index in [2.05, 4.69) is 50.6 Å². The van der Waals surface area contributed by atoms with Crippen LogP contribution in [-0.4, -0.2) is 32.8 Å². The number of hydrogen-bond acceptors (Lipinski definition) is 3. The normalized spacial score (nSPS) is 14.9. The number of benzene rings is 1. The van der Waals surface area contributed by atoms with Gasteiger partial charge in [-0.05, 0) is 37.5 Å². The van der Waals surface area contributed by atoms with Gasteiger partial charge < -0.3 is 20.1 Å². The molecule has 0 bridgehead atoms. The summed E-state index contributed by atoms with van der Waals surface area (Å²) in [6, 6.07) is 4.29. The van der Waals surface area contributed by atoms with Gasteiger partial charge in [-0.15, -0.1) is 0 Å². The first-order valence-electron chi connectivity index (χ1n) is 7.78. The first-order valence-corrected chi connectivity index (χ1v) is 8.57. The molecule has 0 saturated carbocycles. The number of rotatable bonds is 6. The number of hydrogen-bond donors (Lipinski definition) is 2. The number of nitrogens with zero attached hydrogens (tertiary/aromatic N) is 1. The zero-order valence-electron chi connectivity index (χ0n) is 13.9. The molecular formula is C17H24BrN3O2. The molecule has 23 heavy (non-hydrogen) atoms. The van der Waals surface area contributed by atoms with Gasteiger partial charge in [-0.3, -0.25) is 0 Å². The Morgan fingerprint density at radius 2 is 1.87 bits per heavy atom. The van der Waals surface area contributed by atoms with Gasteiger partial charge >= 0.3 is 0 Å². The molecule has 5 nitrogen and oxygen atoms in total. The molecule has 2 N–H and O–H groups in total. The number of aliphatic imine (C=N–C) groups is 1. The number of halogens is 1. The fraction of sp³-hybridized carbons (Fsp3) is 0.471. The van der Waals surface area contributed by atoms with Gasteiger partial charge in [0.15, 0.2) is 17.5 Å². The lowest BCUT2D eigenvalue weighted by atomic mass is 10.2. The molecule has 0 spiro atoms. The Kier molecular flexibility index (Phi) is 6.77. The van der Waals surface area contributed by atoms with E-state index in [-0.39, 0.29) is 0 Å². The summed E-state index contributed by atoms with van der Waals surface area (Å²) in [5.74, 6) is 2.25. The lowest BCUT2D eigenvalue weighted by molar-refractivity contribution is 0.354. The predicted octanol–water partition coefficient (Wildman–Crippen LogP) is 3.24. The number of nitrogens with one attached hydrogen (secondary N) is 2. The Hall–Kier alpha value is -1.69. The minimum Gasteiger partial charge on any atom is -0.493 e. The van der Waals surface area contributed by atoms with Gasteiger partial charge in [-0.25, -0.2) is 4.99 Å². The van der Waals surface area contributed by atoms with Crippen LogP contribution in [0.25, 0.3) is 0 Å². The van der Waals surface area contributed by atoms with Crippen molar-refractivity contribution in [3.8, 4) is 11.5 Å². The molecule has 126 valence electrons. The van der Waals surface area contributed by atoms with Crippen LogP contribution in [0.1, 0.15) is 25.3 Å². The van der Waals surface area contributed by atoms with Crippen molar-refractivity contribution in [2.75, 3.05) is 20.8 Å². The SMILES string of the molecule is CCNC(=NCc1cc(OC)c(OC)cc1Br)NC1CC=CC1. The first kappa shape index (κ1) is 17.7. The third-order valence-corrected chi connectivity index (χ3v) is 4.39. The molecule has 6 heteroatoms. The molecular weight excluding hydrogens is 358 g/mol. The smallest absolute Gasteiger partial charge is 0.191 e. The second-order valence-electron chi connectivity index (χ2n) is 5.28. The largest absolute Gasteiger partial charge is 0.493 e. The van der Waals surface area contributed by atoms with Crippen LogP contribution in [0.3, 0.4) is 0 Å². The Morgan fingerprint density at radius 1 is 1.22 bits per heavy atom. The van der Waals surface area contributed by atoms with Gasteiger partial charge in [-0.1, -0.05) is 28.1 Å². The molecule has 0 fully saturated rings. The summed E-state index contributed by atoms with van der Waals surface area (Å²) < 4.78 is 11.6. The molecule has 1 aromatic carbocycles. The summed E-state index contributed by atoms with van der Waals surface area (Å²) in [6.07, 6.45) is 6.49. The van der Waals surface area contributed by atoms with Crippen LogP contribution < -0.4 is 20.1 Å². The monoisotopic (exact) mass is 381 g/mol. The first-order chi connectivity index (χ1) is 11.2. The van der Waals surface area contributed by atoms with E-state index in [1.165, 1.54) is 0 Å². The highest BCUT2D eigenvalue weighted by Crippen LogP contribution is 2.33. The highest BCUT2D eigenvalue weighted by molar-refractivity contribution is 9.10. The highest BCUT2D eigenvalue weighted by Gasteiger charge is 2.13. The highest BCUT2D eigenvalue weighted by atomic mass is 79.9. The average molecular weight is 382 g/mol. The molecule has 0 heterocycles. The maximum atomic E-state index is 5.36. The zero-order valence-corrected chi connectivity index (χ0v) is 15.4. The lowest BCUT2D eigenvalue weighted by Gasteiger charge is -2.17. The minimum absolute atomic E-state index is 0.432. The number of guanidine groups is 1. The maximum Gasteiger partial charge on any atom is 0.191 e. The van der Waals surface area contributed by atoms with Gasteiger partial charge in [0.05, 0.1) is 20.8 Å². The van der Waals surface area contributed by atoms with Crippen molar-refractivity contribution in [2.45, 2.75) is 32.4 Å². The maximum absolute atomic E-state index is 5.36. The Balaban J connectivity index is 2.11. The molecule has 0 aliphatic heterocycles. The third kappa shape index (κ3) is 4.89. The van der Waals surface area contributed by atoms with Gasteiger partial charge in [0.1, 0.15) is 0 Å². The molecule has 0 aromatic heterocycles. The molecule has 0 radical (unpaired) electrons. The fourth-order valence-electron chi connectivity index (χ4n) is 2.43. The molecule has 1 aliphatic rings. The van der Waals surface area contributed by atoms with Crippen LogP contribution in [0.4, 0.5) is 0 Å². The quantitative estimate of drug-likeness (QED) is 0.451. The molecule has 1 aromatic rings. The summed E-state index contributed by atoms with van der Waals surface area (Å²) in [4.78, 5) is 4.68. The van der Waals surface area contributed by atoms with Crippen molar-refractivity contribution in [3.05, 3.63) is 34.3 Å². The van der Waals surface area contributed by atoms with Crippen LogP contribution in [0, 0.1) is 0 Å². The van der Waals surface area contributed by atoms with Crippen molar-refractivity contribution >= 4 is 21.9 Å². The van der Waals surface area contributed by atoms with E-state index < -0.39 is 0 Å². The molecule has 0 amide bonds. The number of ether oxygens (including phenoxy) is 2. The van der Waals surface area contributed by atoms with E-state index in [1.807, 2.05) is 12.1 Å². The summed E-state index contributed by atoms with van der Waals surface area (Å²) in [5, 5.41) is 6.75. The van der Waals surface area contributed by atoms with E-state index in [0.717, 1.165) is 35.4 Å². The third-order valence-electron chi connectivity index (χ3n) is 3.65. The van der Waals surface area contributed by atoms with E-state index in [9.17, 15) is 0 Å². The van der Waals surface area contributed by atoms with E-state index in [1.54, 1.807) is 14.2 Å². The summed E-state index contributed by atoms with van der Waals surface area (Å²) in [7, 11) is 3.27. The van der Waals surface area contributed by atoms with Crippen molar-refractivity contribution in [1.29, 1.82) is 0 Å². The Labute approximate surface area is 146 Å². The van der Waals surface area contributed by atoms with Crippen LogP contribution in [-0.2, 0) is 6.54 Å².